The molecule has 0 aliphatic rings. The quantitative estimate of drug-likeness (QED) is 0.489. The van der Waals surface area contributed by atoms with E-state index >= 15 is 0 Å². The molecule has 0 fully saturated rings. The lowest BCUT2D eigenvalue weighted by Crippen LogP contribution is -2.08. The van der Waals surface area contributed by atoms with E-state index in [0.717, 1.165) is 11.3 Å². The zero-order chi connectivity index (χ0) is 10.4. The second-order valence-corrected chi connectivity index (χ2v) is 2.65. The zero-order valence-electron chi connectivity index (χ0n) is 7.70. The average molecular weight is 188 g/mol. The molecule has 0 saturated heterocycles. The lowest BCUT2D eigenvalue weighted by atomic mass is 10.2. The molecule has 1 aromatic rings. The highest BCUT2D eigenvalue weighted by Gasteiger charge is 1.93. The van der Waals surface area contributed by atoms with Gasteiger partial charge in [-0.25, -0.2) is 0 Å². The molecule has 0 spiro atoms. The van der Waals surface area contributed by atoms with Crippen molar-refractivity contribution in [2.24, 2.45) is 5.73 Å². The van der Waals surface area contributed by atoms with Crippen LogP contribution in [0, 0.1) is 5.41 Å². The van der Waals surface area contributed by atoms with Crippen LogP contribution in [0.2, 0.25) is 0 Å². The summed E-state index contributed by atoms with van der Waals surface area (Å²) in [5.74, 6) is -0.00325. The molecule has 4 N–H and O–H groups in total. The van der Waals surface area contributed by atoms with Crippen LogP contribution in [0.15, 0.2) is 43.4 Å². The maximum Gasteiger partial charge on any atom is 0.116 e. The van der Waals surface area contributed by atoms with Crippen LogP contribution in [-0.4, -0.2) is 10.8 Å². The molecule has 14 heavy (non-hydrogen) atoms. The molecule has 0 atom stereocenters. The lowest BCUT2D eigenvalue weighted by molar-refractivity contribution is 1.20. The normalized spacial score (nSPS) is 10.0. The number of nitrogens with zero attached hydrogens (tertiary/aromatic N) is 1. The Labute approximate surface area is 82.7 Å². The summed E-state index contributed by atoms with van der Waals surface area (Å²) < 4.78 is 0. The van der Waals surface area contributed by atoms with Crippen LogP contribution in [0.5, 0.6) is 0 Å². The van der Waals surface area contributed by atoms with Gasteiger partial charge in [-0.1, -0.05) is 6.58 Å². The molecule has 0 aliphatic carbocycles. The SMILES string of the molecule is C=C(NC=CC(=N)N)c1cccnc1. The Morgan fingerprint density at radius 2 is 2.43 bits per heavy atom. The molecule has 1 heterocycles. The Morgan fingerprint density at radius 3 is 3.00 bits per heavy atom. The van der Waals surface area contributed by atoms with E-state index in [0.29, 0.717) is 0 Å². The van der Waals surface area contributed by atoms with Crippen LogP contribution < -0.4 is 11.1 Å². The van der Waals surface area contributed by atoms with E-state index in [1.165, 1.54) is 6.08 Å². The fourth-order valence-corrected chi connectivity index (χ4v) is 0.857. The van der Waals surface area contributed by atoms with Gasteiger partial charge in [-0.15, -0.1) is 0 Å². The second kappa shape index (κ2) is 4.81. The van der Waals surface area contributed by atoms with Crippen LogP contribution >= 0.6 is 0 Å². The third-order valence-corrected chi connectivity index (χ3v) is 1.53. The number of rotatable bonds is 4. The molecule has 72 valence electrons. The van der Waals surface area contributed by atoms with Gasteiger partial charge >= 0.3 is 0 Å². The van der Waals surface area contributed by atoms with E-state index in [1.54, 1.807) is 18.6 Å². The Hall–Kier alpha value is -2.10. The standard InChI is InChI=1S/C10H12N4/c1-8(14-6-4-10(11)12)9-3-2-5-13-7-9/h2-7,14H,1H2,(H3,11,12). The van der Waals surface area contributed by atoms with Crippen LogP contribution in [0.3, 0.4) is 0 Å². The topological polar surface area (TPSA) is 74.8 Å². The average Bonchev–Trinajstić information content (AvgIpc) is 2.18. The minimum Gasteiger partial charge on any atom is -0.384 e. The molecule has 0 aliphatic heterocycles. The van der Waals surface area contributed by atoms with Crippen LogP contribution in [0.25, 0.3) is 5.70 Å². The fraction of sp³-hybridized carbons (Fsp3) is 0. The Balaban J connectivity index is 2.56. The minimum absolute atomic E-state index is 0.00325. The van der Waals surface area contributed by atoms with Gasteiger partial charge in [0.2, 0.25) is 0 Å². The van der Waals surface area contributed by atoms with Crippen molar-refractivity contribution in [3.63, 3.8) is 0 Å². The molecule has 0 amide bonds. The highest BCUT2D eigenvalue weighted by Crippen LogP contribution is 2.05. The summed E-state index contributed by atoms with van der Waals surface area (Å²) in [5.41, 5.74) is 6.75. The molecule has 4 nitrogen and oxygen atoms in total. The largest absolute Gasteiger partial charge is 0.384 e. The summed E-state index contributed by atoms with van der Waals surface area (Å²) in [6.45, 7) is 3.81. The molecule has 0 bridgehead atoms. The van der Waals surface area contributed by atoms with Crippen molar-refractivity contribution in [2.45, 2.75) is 0 Å². The number of nitrogens with two attached hydrogens (primary N) is 1. The summed E-state index contributed by atoms with van der Waals surface area (Å²) >= 11 is 0. The Bertz CT molecular complexity index is 354. The van der Waals surface area contributed by atoms with Gasteiger partial charge in [-0.05, 0) is 18.2 Å². The minimum atomic E-state index is -0.00325. The van der Waals surface area contributed by atoms with Gasteiger partial charge in [0.05, 0.1) is 0 Å². The van der Waals surface area contributed by atoms with Crippen molar-refractivity contribution in [1.82, 2.24) is 10.3 Å². The van der Waals surface area contributed by atoms with Gasteiger partial charge in [0.1, 0.15) is 5.84 Å². The van der Waals surface area contributed by atoms with Gasteiger partial charge in [-0.2, -0.15) is 0 Å². The molecule has 0 aromatic carbocycles. The second-order valence-electron chi connectivity index (χ2n) is 2.65. The van der Waals surface area contributed by atoms with E-state index in [1.807, 2.05) is 12.1 Å². The Kier molecular flexibility index (Phi) is 3.43. The van der Waals surface area contributed by atoms with Crippen molar-refractivity contribution < 1.29 is 0 Å². The van der Waals surface area contributed by atoms with Crippen molar-refractivity contribution in [1.29, 1.82) is 5.41 Å². The summed E-state index contributed by atoms with van der Waals surface area (Å²) in [6.07, 6.45) is 6.42. The number of hydrogen-bond acceptors (Lipinski definition) is 3. The molecule has 1 rings (SSSR count). The third-order valence-electron chi connectivity index (χ3n) is 1.53. The summed E-state index contributed by atoms with van der Waals surface area (Å²) in [6, 6.07) is 3.72. The molecule has 0 unspecified atom stereocenters. The van der Waals surface area contributed by atoms with Gasteiger partial charge in [-0.3, -0.25) is 10.4 Å². The predicted molar refractivity (Wildman–Crippen MR) is 57.5 cm³/mol. The highest BCUT2D eigenvalue weighted by molar-refractivity contribution is 5.88. The molecule has 4 heteroatoms. The molecule has 1 aromatic heterocycles. The first-order valence-electron chi connectivity index (χ1n) is 4.06. The van der Waals surface area contributed by atoms with E-state index in [4.69, 9.17) is 11.1 Å². The fourth-order valence-electron chi connectivity index (χ4n) is 0.857. The maximum absolute atomic E-state index is 6.95. The maximum atomic E-state index is 6.95. The first-order chi connectivity index (χ1) is 6.70. The van der Waals surface area contributed by atoms with E-state index in [9.17, 15) is 0 Å². The van der Waals surface area contributed by atoms with Crippen LogP contribution in [0.1, 0.15) is 5.56 Å². The predicted octanol–water partition coefficient (Wildman–Crippen LogP) is 1.09. The molecule has 0 radical (unpaired) electrons. The number of hydrogen-bond donors (Lipinski definition) is 3. The summed E-state index contributed by atoms with van der Waals surface area (Å²) in [5, 5.41) is 9.85. The third kappa shape index (κ3) is 3.10. The van der Waals surface area contributed by atoms with Gasteiger partial charge < -0.3 is 11.1 Å². The van der Waals surface area contributed by atoms with Gasteiger partial charge in [0.15, 0.2) is 0 Å². The molecular weight excluding hydrogens is 176 g/mol. The van der Waals surface area contributed by atoms with Gasteiger partial charge in [0, 0.05) is 29.9 Å². The van der Waals surface area contributed by atoms with Gasteiger partial charge in [0.25, 0.3) is 0 Å². The smallest absolute Gasteiger partial charge is 0.116 e. The van der Waals surface area contributed by atoms with E-state index in [-0.39, 0.29) is 5.84 Å². The van der Waals surface area contributed by atoms with Crippen LogP contribution in [0.4, 0.5) is 0 Å². The van der Waals surface area contributed by atoms with Crippen molar-refractivity contribution in [3.05, 3.63) is 48.9 Å². The van der Waals surface area contributed by atoms with E-state index < -0.39 is 0 Å². The summed E-state index contributed by atoms with van der Waals surface area (Å²) in [4.78, 5) is 3.96. The van der Waals surface area contributed by atoms with Crippen molar-refractivity contribution in [2.75, 3.05) is 0 Å². The highest BCUT2D eigenvalue weighted by atomic mass is 14.9. The Morgan fingerprint density at radius 1 is 1.64 bits per heavy atom. The number of nitrogens with one attached hydrogen (secondary N) is 2. The molecule has 0 saturated carbocycles. The summed E-state index contributed by atoms with van der Waals surface area (Å²) in [7, 11) is 0. The van der Waals surface area contributed by atoms with Crippen molar-refractivity contribution >= 4 is 11.5 Å². The molecular formula is C10H12N4. The monoisotopic (exact) mass is 188 g/mol. The van der Waals surface area contributed by atoms with E-state index in [2.05, 4.69) is 16.9 Å². The number of amidine groups is 1. The zero-order valence-corrected chi connectivity index (χ0v) is 7.70. The van der Waals surface area contributed by atoms with Crippen molar-refractivity contribution in [3.8, 4) is 0 Å². The van der Waals surface area contributed by atoms with Crippen LogP contribution in [-0.2, 0) is 0 Å². The number of aromatic nitrogens is 1. The number of pyridine rings is 1. The first kappa shape index (κ1) is 9.98. The lowest BCUT2D eigenvalue weighted by Gasteiger charge is -2.03. The first-order valence-corrected chi connectivity index (χ1v) is 4.06.